The van der Waals surface area contributed by atoms with Crippen LogP contribution in [0.5, 0.6) is 0 Å². The van der Waals surface area contributed by atoms with Gasteiger partial charge in [0.2, 0.25) is 0 Å². The molecule has 33 heavy (non-hydrogen) atoms. The second kappa shape index (κ2) is 8.17. The summed E-state index contributed by atoms with van der Waals surface area (Å²) in [4.78, 5) is 0. The first-order chi connectivity index (χ1) is 15.8. The fourth-order valence-corrected chi connectivity index (χ4v) is 4.98. The van der Waals surface area contributed by atoms with Gasteiger partial charge in [-0.25, -0.2) is 0 Å². The maximum Gasteiger partial charge on any atom is 0.0846 e. The van der Waals surface area contributed by atoms with Gasteiger partial charge in [-0.2, -0.15) is 0 Å². The lowest BCUT2D eigenvalue weighted by Crippen LogP contribution is -2.18. The zero-order chi connectivity index (χ0) is 23.2. The molecule has 0 fully saturated rings. The minimum atomic E-state index is -0.985. The smallest absolute Gasteiger partial charge is 0.0846 e. The largest absolute Gasteiger partial charge is 0.386 e. The van der Waals surface area contributed by atoms with E-state index in [0.29, 0.717) is 5.92 Å². The molecule has 1 N–H and O–H groups in total. The minimum absolute atomic E-state index is 0.337. The van der Waals surface area contributed by atoms with Crippen LogP contribution in [0.15, 0.2) is 97.1 Å². The summed E-state index contributed by atoms with van der Waals surface area (Å²) < 4.78 is 0. The van der Waals surface area contributed by atoms with Crippen molar-refractivity contribution in [2.24, 2.45) is 0 Å². The molecule has 5 rings (SSSR count). The third-order valence-electron chi connectivity index (χ3n) is 6.63. The Morgan fingerprint density at radius 2 is 1.06 bits per heavy atom. The van der Waals surface area contributed by atoms with E-state index < -0.39 is 5.60 Å². The van der Waals surface area contributed by atoms with Crippen molar-refractivity contribution in [2.45, 2.75) is 39.2 Å². The van der Waals surface area contributed by atoms with E-state index in [1.54, 1.807) is 0 Å². The van der Waals surface area contributed by atoms with E-state index in [1.165, 1.54) is 38.2 Å². The molecule has 0 saturated carbocycles. The molecule has 0 saturated heterocycles. The molecule has 0 aliphatic rings. The van der Waals surface area contributed by atoms with Crippen LogP contribution in [-0.2, 0) is 5.60 Å². The molecule has 0 aliphatic carbocycles. The second-order valence-corrected chi connectivity index (χ2v) is 9.75. The standard InChI is InChI=1S/C32H30O/c1-21(2)28-19-30(27-18-10-14-23-12-6-8-16-25(23)27)31(32(3,4)33)20-29(28)26-17-9-13-22-11-5-7-15-24(22)26/h5-21,33H,1-4H3. The third-order valence-corrected chi connectivity index (χ3v) is 6.63. The Morgan fingerprint density at radius 3 is 1.58 bits per heavy atom. The molecule has 164 valence electrons. The molecular weight excluding hydrogens is 400 g/mol. The average Bonchev–Trinajstić information content (AvgIpc) is 2.82. The van der Waals surface area contributed by atoms with Crippen molar-refractivity contribution in [2.75, 3.05) is 0 Å². The summed E-state index contributed by atoms with van der Waals surface area (Å²) >= 11 is 0. The van der Waals surface area contributed by atoms with Gasteiger partial charge in [-0.15, -0.1) is 0 Å². The Labute approximate surface area is 196 Å². The van der Waals surface area contributed by atoms with Gasteiger partial charge < -0.3 is 5.11 Å². The lowest BCUT2D eigenvalue weighted by molar-refractivity contribution is 0.0792. The van der Waals surface area contributed by atoms with Crippen molar-refractivity contribution in [1.82, 2.24) is 0 Å². The fourth-order valence-electron chi connectivity index (χ4n) is 4.98. The Balaban J connectivity index is 1.87. The average molecular weight is 431 g/mol. The van der Waals surface area contributed by atoms with Gasteiger partial charge in [0.1, 0.15) is 0 Å². The predicted molar refractivity (Wildman–Crippen MR) is 142 cm³/mol. The van der Waals surface area contributed by atoms with Crippen molar-refractivity contribution in [3.63, 3.8) is 0 Å². The molecule has 5 aromatic rings. The molecule has 0 unspecified atom stereocenters. The van der Waals surface area contributed by atoms with Crippen LogP contribution in [0.1, 0.15) is 44.7 Å². The first kappa shape index (κ1) is 21.4. The van der Waals surface area contributed by atoms with Crippen LogP contribution >= 0.6 is 0 Å². The van der Waals surface area contributed by atoms with Crippen LogP contribution in [0.4, 0.5) is 0 Å². The summed E-state index contributed by atoms with van der Waals surface area (Å²) in [5.41, 5.74) is 5.94. The van der Waals surface area contributed by atoms with E-state index in [-0.39, 0.29) is 0 Å². The molecule has 0 bridgehead atoms. The van der Waals surface area contributed by atoms with Gasteiger partial charge in [-0.1, -0.05) is 98.8 Å². The first-order valence-electron chi connectivity index (χ1n) is 11.7. The molecule has 1 nitrogen and oxygen atoms in total. The maximum absolute atomic E-state index is 11.3. The van der Waals surface area contributed by atoms with Gasteiger partial charge in [-0.3, -0.25) is 0 Å². The summed E-state index contributed by atoms with van der Waals surface area (Å²) in [7, 11) is 0. The highest BCUT2D eigenvalue weighted by atomic mass is 16.3. The van der Waals surface area contributed by atoms with Gasteiger partial charge in [0, 0.05) is 0 Å². The minimum Gasteiger partial charge on any atom is -0.386 e. The van der Waals surface area contributed by atoms with Crippen molar-refractivity contribution >= 4 is 21.5 Å². The summed E-state index contributed by atoms with van der Waals surface area (Å²) in [6.07, 6.45) is 0. The summed E-state index contributed by atoms with van der Waals surface area (Å²) in [6, 6.07) is 34.5. The summed E-state index contributed by atoms with van der Waals surface area (Å²) in [5.74, 6) is 0.337. The molecule has 5 aromatic carbocycles. The lowest BCUT2D eigenvalue weighted by atomic mass is 9.80. The van der Waals surface area contributed by atoms with Gasteiger partial charge in [0.15, 0.2) is 0 Å². The molecule has 0 heterocycles. The molecule has 1 heteroatoms. The Kier molecular flexibility index (Phi) is 5.31. The number of hydrogen-bond acceptors (Lipinski definition) is 1. The molecule has 0 radical (unpaired) electrons. The van der Waals surface area contributed by atoms with Crippen molar-refractivity contribution in [3.05, 3.63) is 108 Å². The van der Waals surface area contributed by atoms with Crippen LogP contribution in [0.3, 0.4) is 0 Å². The van der Waals surface area contributed by atoms with E-state index in [0.717, 1.165) is 16.7 Å². The number of benzene rings is 5. The van der Waals surface area contributed by atoms with Gasteiger partial charge >= 0.3 is 0 Å². The van der Waals surface area contributed by atoms with Crippen molar-refractivity contribution in [1.29, 1.82) is 0 Å². The van der Waals surface area contributed by atoms with Gasteiger partial charge in [0.25, 0.3) is 0 Å². The molecule has 0 atom stereocenters. The van der Waals surface area contributed by atoms with Crippen molar-refractivity contribution < 1.29 is 5.11 Å². The maximum atomic E-state index is 11.3. The van der Waals surface area contributed by atoms with Crippen LogP contribution in [0.25, 0.3) is 43.8 Å². The fraction of sp³-hybridized carbons (Fsp3) is 0.188. The third kappa shape index (κ3) is 3.83. The van der Waals surface area contributed by atoms with E-state index in [1.807, 2.05) is 13.8 Å². The molecular formula is C32H30O. The van der Waals surface area contributed by atoms with Crippen LogP contribution in [0, 0.1) is 0 Å². The summed E-state index contributed by atoms with van der Waals surface area (Å²) in [6.45, 7) is 8.28. The van der Waals surface area contributed by atoms with Crippen molar-refractivity contribution in [3.8, 4) is 22.3 Å². The van der Waals surface area contributed by atoms with Crippen LogP contribution in [0.2, 0.25) is 0 Å². The van der Waals surface area contributed by atoms with E-state index >= 15 is 0 Å². The van der Waals surface area contributed by atoms with Gasteiger partial charge in [0.05, 0.1) is 5.60 Å². The highest BCUT2D eigenvalue weighted by molar-refractivity contribution is 6.00. The molecule has 0 amide bonds. The summed E-state index contributed by atoms with van der Waals surface area (Å²) in [5, 5.41) is 16.2. The Morgan fingerprint density at radius 1 is 0.576 bits per heavy atom. The normalized spacial score (nSPS) is 12.1. The number of rotatable bonds is 4. The Hall–Kier alpha value is -3.42. The highest BCUT2D eigenvalue weighted by Gasteiger charge is 2.25. The zero-order valence-corrected chi connectivity index (χ0v) is 19.8. The molecule has 0 aromatic heterocycles. The first-order valence-corrected chi connectivity index (χ1v) is 11.7. The number of aliphatic hydroxyl groups is 1. The lowest BCUT2D eigenvalue weighted by Gasteiger charge is -2.27. The predicted octanol–water partition coefficient (Wildman–Crippen LogP) is 8.68. The molecule has 0 spiro atoms. The van der Waals surface area contributed by atoms with E-state index in [9.17, 15) is 5.11 Å². The second-order valence-electron chi connectivity index (χ2n) is 9.75. The zero-order valence-electron chi connectivity index (χ0n) is 19.8. The van der Waals surface area contributed by atoms with E-state index in [4.69, 9.17) is 0 Å². The Bertz CT molecular complexity index is 1460. The van der Waals surface area contributed by atoms with Gasteiger partial charge in [-0.05, 0) is 86.8 Å². The molecule has 0 aliphatic heterocycles. The van der Waals surface area contributed by atoms with E-state index in [2.05, 4.69) is 111 Å². The van der Waals surface area contributed by atoms with Crippen LogP contribution in [-0.4, -0.2) is 5.11 Å². The highest BCUT2D eigenvalue weighted by Crippen LogP contribution is 2.43. The number of hydrogen-bond donors (Lipinski definition) is 1. The van der Waals surface area contributed by atoms with Crippen LogP contribution < -0.4 is 0 Å². The number of fused-ring (bicyclic) bond motifs is 2. The topological polar surface area (TPSA) is 20.2 Å². The monoisotopic (exact) mass is 430 g/mol. The SMILES string of the molecule is CC(C)c1cc(-c2cccc3ccccc23)c(C(C)(C)O)cc1-c1cccc2ccccc12. The quantitative estimate of drug-likeness (QED) is 0.302.